The van der Waals surface area contributed by atoms with Crippen molar-refractivity contribution in [2.75, 3.05) is 13.7 Å². The predicted molar refractivity (Wildman–Crippen MR) is 130 cm³/mol. The van der Waals surface area contributed by atoms with Gasteiger partial charge in [-0.2, -0.15) is 0 Å². The molecule has 0 spiro atoms. The summed E-state index contributed by atoms with van der Waals surface area (Å²) in [6.45, 7) is 7.72. The number of fused-ring (bicyclic) bond motifs is 1. The van der Waals surface area contributed by atoms with Crippen LogP contribution in [-0.2, 0) is 14.4 Å². The lowest BCUT2D eigenvalue weighted by Crippen LogP contribution is -2.46. The summed E-state index contributed by atoms with van der Waals surface area (Å²) in [6, 6.07) is 3.40. The van der Waals surface area contributed by atoms with Crippen molar-refractivity contribution < 1.29 is 29.0 Å². The molecule has 0 saturated carbocycles. The van der Waals surface area contributed by atoms with E-state index in [1.54, 1.807) is 12.1 Å². The molecule has 3 aliphatic rings. The molecule has 182 valence electrons. The van der Waals surface area contributed by atoms with Crippen LogP contribution in [-0.4, -0.2) is 36.4 Å². The van der Waals surface area contributed by atoms with E-state index in [9.17, 15) is 14.4 Å². The van der Waals surface area contributed by atoms with E-state index in [1.165, 1.54) is 7.11 Å². The first kappa shape index (κ1) is 24.5. The van der Waals surface area contributed by atoms with Gasteiger partial charge in [-0.1, -0.05) is 49.7 Å². The third-order valence-corrected chi connectivity index (χ3v) is 7.37. The van der Waals surface area contributed by atoms with Crippen molar-refractivity contribution in [1.82, 2.24) is 5.32 Å². The second-order valence-corrected chi connectivity index (χ2v) is 11.7. The summed E-state index contributed by atoms with van der Waals surface area (Å²) in [7, 11) is 1.47. The maximum Gasteiger partial charge on any atom is 0.341 e. The van der Waals surface area contributed by atoms with Crippen molar-refractivity contribution >= 4 is 33.5 Å². The van der Waals surface area contributed by atoms with Gasteiger partial charge >= 0.3 is 5.97 Å². The lowest BCUT2D eigenvalue weighted by molar-refractivity contribution is -0.139. The Bertz CT molecular complexity index is 1150. The van der Waals surface area contributed by atoms with Gasteiger partial charge in [0.2, 0.25) is 0 Å². The molecule has 0 fully saturated rings. The number of ketones is 2. The summed E-state index contributed by atoms with van der Waals surface area (Å²) in [6.07, 6.45) is 3.62. The number of carbonyl (C=O) groups excluding carboxylic acids is 2. The van der Waals surface area contributed by atoms with E-state index in [1.807, 2.05) is 13.8 Å². The van der Waals surface area contributed by atoms with Crippen molar-refractivity contribution in [2.24, 2.45) is 16.7 Å². The highest BCUT2D eigenvalue weighted by Crippen LogP contribution is 2.53. The molecule has 1 aromatic rings. The van der Waals surface area contributed by atoms with Gasteiger partial charge in [0, 0.05) is 40.2 Å². The normalized spacial score (nSPS) is 25.1. The Hall–Kier alpha value is -2.61. The fraction of sp³-hybridized carbons (Fsp3) is 0.500. The van der Waals surface area contributed by atoms with Crippen LogP contribution in [0.25, 0.3) is 0 Å². The number of hydrogen-bond donors (Lipinski definition) is 2. The Morgan fingerprint density at radius 2 is 1.82 bits per heavy atom. The third-order valence-electron chi connectivity index (χ3n) is 6.69. The molecule has 2 unspecified atom stereocenters. The molecule has 0 saturated heterocycles. The number of carboxylic acid groups (broad SMARTS) is 1. The van der Waals surface area contributed by atoms with Crippen LogP contribution in [0, 0.1) is 16.7 Å². The summed E-state index contributed by atoms with van der Waals surface area (Å²) in [5, 5.41) is 12.5. The highest BCUT2D eigenvalue weighted by molar-refractivity contribution is 9.10. The fourth-order valence-corrected chi connectivity index (χ4v) is 6.03. The fourth-order valence-electron chi connectivity index (χ4n) is 5.46. The van der Waals surface area contributed by atoms with E-state index in [4.69, 9.17) is 14.6 Å². The first-order valence-electron chi connectivity index (χ1n) is 11.3. The molecule has 34 heavy (non-hydrogen) atoms. The van der Waals surface area contributed by atoms with Gasteiger partial charge in [-0.15, -0.1) is 0 Å². The van der Waals surface area contributed by atoms with Gasteiger partial charge in [-0.05, 0) is 34.9 Å². The highest BCUT2D eigenvalue weighted by Gasteiger charge is 2.49. The molecular formula is C26H30BrNO6. The van der Waals surface area contributed by atoms with E-state index < -0.39 is 24.4 Å². The molecule has 8 heteroatoms. The zero-order valence-corrected chi connectivity index (χ0v) is 21.7. The van der Waals surface area contributed by atoms with Crippen molar-refractivity contribution in [3.05, 3.63) is 45.2 Å². The number of aliphatic carboxylic acids is 1. The van der Waals surface area contributed by atoms with E-state index in [2.05, 4.69) is 41.2 Å². The van der Waals surface area contributed by atoms with Gasteiger partial charge in [-0.25, -0.2) is 4.79 Å². The van der Waals surface area contributed by atoms with Crippen LogP contribution in [0.2, 0.25) is 0 Å². The molecule has 4 rings (SSSR count). The molecule has 2 aliphatic carbocycles. The van der Waals surface area contributed by atoms with Gasteiger partial charge in [0.25, 0.3) is 0 Å². The maximum absolute atomic E-state index is 13.5. The van der Waals surface area contributed by atoms with Crippen LogP contribution in [0.4, 0.5) is 0 Å². The molecule has 1 aromatic carbocycles. The van der Waals surface area contributed by atoms with Gasteiger partial charge in [0.1, 0.15) is 5.78 Å². The Labute approximate surface area is 207 Å². The van der Waals surface area contributed by atoms with E-state index in [0.717, 1.165) is 17.0 Å². The number of rotatable bonds is 5. The summed E-state index contributed by atoms with van der Waals surface area (Å²) >= 11 is 3.60. The van der Waals surface area contributed by atoms with E-state index in [0.29, 0.717) is 35.1 Å². The molecule has 1 aliphatic heterocycles. The van der Waals surface area contributed by atoms with Crippen LogP contribution >= 0.6 is 15.9 Å². The SMILES string of the molecule is COc1cc(C2C3=C(CC(C)(C)CC3=O)NC3=CC(C)(C)CC(=O)C32)c(Br)cc1OCC(=O)O. The minimum Gasteiger partial charge on any atom is -0.493 e. The van der Waals surface area contributed by atoms with E-state index >= 15 is 0 Å². The summed E-state index contributed by atoms with van der Waals surface area (Å²) < 4.78 is 11.5. The Morgan fingerprint density at radius 1 is 1.12 bits per heavy atom. The van der Waals surface area contributed by atoms with Crippen LogP contribution in [0.5, 0.6) is 11.5 Å². The average Bonchev–Trinajstić information content (AvgIpc) is 2.68. The minimum absolute atomic E-state index is 0.0394. The summed E-state index contributed by atoms with van der Waals surface area (Å²) in [5.41, 5.74) is 2.64. The third kappa shape index (κ3) is 4.52. The number of carboxylic acids is 1. The second kappa shape index (κ2) is 8.56. The molecule has 0 radical (unpaired) electrons. The monoisotopic (exact) mass is 531 g/mol. The number of nitrogens with one attached hydrogen (secondary N) is 1. The largest absolute Gasteiger partial charge is 0.493 e. The molecule has 2 N–H and O–H groups in total. The molecule has 0 bridgehead atoms. The second-order valence-electron chi connectivity index (χ2n) is 10.9. The van der Waals surface area contributed by atoms with Crippen molar-refractivity contribution in [3.63, 3.8) is 0 Å². The number of allylic oxidation sites excluding steroid dienone is 4. The number of Topliss-reactive ketones (excluding diaryl/α,β-unsaturated/α-hetero) is 2. The molecule has 1 heterocycles. The minimum atomic E-state index is -1.10. The van der Waals surface area contributed by atoms with Crippen molar-refractivity contribution in [1.29, 1.82) is 0 Å². The zero-order valence-electron chi connectivity index (χ0n) is 20.1. The highest BCUT2D eigenvalue weighted by atomic mass is 79.9. The number of methoxy groups -OCH3 is 1. The zero-order chi connectivity index (χ0) is 25.0. The average molecular weight is 532 g/mol. The van der Waals surface area contributed by atoms with Gasteiger partial charge in [-0.3, -0.25) is 9.59 Å². The van der Waals surface area contributed by atoms with Crippen LogP contribution in [0.1, 0.15) is 58.4 Å². The summed E-state index contributed by atoms with van der Waals surface area (Å²) in [5.74, 6) is -1.35. The van der Waals surface area contributed by atoms with Crippen LogP contribution in [0.15, 0.2) is 39.6 Å². The molecule has 7 nitrogen and oxygen atoms in total. The maximum atomic E-state index is 13.5. The van der Waals surface area contributed by atoms with Crippen molar-refractivity contribution in [3.8, 4) is 11.5 Å². The Kier molecular flexibility index (Phi) is 6.17. The Morgan fingerprint density at radius 3 is 2.47 bits per heavy atom. The number of ether oxygens (including phenoxy) is 2. The van der Waals surface area contributed by atoms with Crippen LogP contribution in [0.3, 0.4) is 0 Å². The molecule has 0 aromatic heterocycles. The number of hydrogen-bond acceptors (Lipinski definition) is 6. The quantitative estimate of drug-likeness (QED) is 0.565. The van der Waals surface area contributed by atoms with E-state index in [-0.39, 0.29) is 28.1 Å². The molecule has 0 amide bonds. The smallest absolute Gasteiger partial charge is 0.341 e. The summed E-state index contributed by atoms with van der Waals surface area (Å²) in [4.78, 5) is 38.0. The van der Waals surface area contributed by atoms with Crippen LogP contribution < -0.4 is 14.8 Å². The topological polar surface area (TPSA) is 102 Å². The number of halogens is 1. The molecule has 2 atom stereocenters. The lowest BCUT2D eigenvalue weighted by Gasteiger charge is -2.46. The number of carbonyl (C=O) groups is 3. The van der Waals surface area contributed by atoms with Gasteiger partial charge in [0.05, 0.1) is 13.0 Å². The van der Waals surface area contributed by atoms with Gasteiger partial charge in [0.15, 0.2) is 23.9 Å². The van der Waals surface area contributed by atoms with Crippen molar-refractivity contribution in [2.45, 2.75) is 52.9 Å². The number of benzene rings is 1. The lowest BCUT2D eigenvalue weighted by atomic mass is 9.62. The van der Waals surface area contributed by atoms with Gasteiger partial charge < -0.3 is 19.9 Å². The predicted octanol–water partition coefficient (Wildman–Crippen LogP) is 4.75. The first-order valence-corrected chi connectivity index (χ1v) is 12.1. The molecular weight excluding hydrogens is 502 g/mol. The Balaban J connectivity index is 1.91. The standard InChI is InChI=1S/C26H30BrNO6/c1-25(2)8-15-23(17(29)10-25)22(24-16(28-15)9-26(3,4)11-18(24)30)13-6-19(33-5)20(7-14(13)27)34-12-21(31)32/h6-8,22-23,28H,9-12H2,1-5H3,(H,31,32). The first-order chi connectivity index (χ1) is 15.8.